The molecule has 0 atom stereocenters. The number of rotatable bonds is 0. The summed E-state index contributed by atoms with van der Waals surface area (Å²) in [5, 5.41) is 0.992. The zero-order chi connectivity index (χ0) is 7.84. The fourth-order valence-corrected chi connectivity index (χ4v) is 1.73. The van der Waals surface area contributed by atoms with Gasteiger partial charge in [-0.2, -0.15) is 0 Å². The zero-order valence-electron chi connectivity index (χ0n) is 6.39. The number of fused-ring (bicyclic) bond motifs is 1. The number of hydrogen-bond acceptors (Lipinski definition) is 0. The summed E-state index contributed by atoms with van der Waals surface area (Å²) in [5.74, 6) is 0. The van der Waals surface area contributed by atoms with E-state index in [1.807, 2.05) is 0 Å². The van der Waals surface area contributed by atoms with Gasteiger partial charge in [-0.05, 0) is 23.6 Å². The van der Waals surface area contributed by atoms with Crippen molar-refractivity contribution in [2.24, 2.45) is 0 Å². The zero-order valence-corrected chi connectivity index (χ0v) is 7.15. The van der Waals surface area contributed by atoms with Crippen LogP contribution in [0.3, 0.4) is 0 Å². The molecule has 0 nitrogen and oxygen atoms in total. The van der Waals surface area contributed by atoms with Crippen LogP contribution < -0.4 is 0 Å². The van der Waals surface area contributed by atoms with Crippen molar-refractivity contribution in [2.45, 2.75) is 13.3 Å². The molecule has 0 amide bonds. The van der Waals surface area contributed by atoms with Gasteiger partial charge in [0.25, 0.3) is 0 Å². The summed E-state index contributed by atoms with van der Waals surface area (Å²) in [7, 11) is 0. The van der Waals surface area contributed by atoms with E-state index >= 15 is 0 Å². The van der Waals surface area contributed by atoms with Gasteiger partial charge in [-0.1, -0.05) is 35.9 Å². The van der Waals surface area contributed by atoms with Crippen LogP contribution in [0.2, 0.25) is 0 Å². The number of allylic oxidation sites excluding steroid dienone is 2. The van der Waals surface area contributed by atoms with Crippen molar-refractivity contribution in [3.05, 3.63) is 40.4 Å². The van der Waals surface area contributed by atoms with E-state index in [0.717, 1.165) is 11.5 Å². The SMILES string of the molecule is CC1=C(Cl)Cc2ccccc21. The van der Waals surface area contributed by atoms with Crippen molar-refractivity contribution >= 4 is 17.2 Å². The Balaban J connectivity index is 2.60. The lowest BCUT2D eigenvalue weighted by atomic mass is 10.1. The van der Waals surface area contributed by atoms with E-state index in [1.165, 1.54) is 16.7 Å². The first-order valence-corrected chi connectivity index (χ1v) is 4.10. The van der Waals surface area contributed by atoms with Crippen LogP contribution in [-0.2, 0) is 6.42 Å². The van der Waals surface area contributed by atoms with E-state index < -0.39 is 0 Å². The van der Waals surface area contributed by atoms with Crippen LogP contribution >= 0.6 is 11.6 Å². The molecule has 0 unspecified atom stereocenters. The second kappa shape index (κ2) is 2.38. The molecule has 0 fully saturated rings. The largest absolute Gasteiger partial charge is 0.0885 e. The molecule has 0 heterocycles. The highest BCUT2D eigenvalue weighted by molar-refractivity contribution is 6.33. The van der Waals surface area contributed by atoms with Crippen molar-refractivity contribution in [1.29, 1.82) is 0 Å². The summed E-state index contributed by atoms with van der Waals surface area (Å²) in [5.41, 5.74) is 3.91. The van der Waals surface area contributed by atoms with Crippen LogP contribution in [0, 0.1) is 0 Å². The van der Waals surface area contributed by atoms with Crippen LogP contribution in [-0.4, -0.2) is 0 Å². The van der Waals surface area contributed by atoms with Gasteiger partial charge in [0.1, 0.15) is 0 Å². The van der Waals surface area contributed by atoms with Crippen molar-refractivity contribution in [3.63, 3.8) is 0 Å². The molecule has 0 N–H and O–H groups in total. The molecular formula is C10H9Cl. The van der Waals surface area contributed by atoms with Gasteiger partial charge >= 0.3 is 0 Å². The van der Waals surface area contributed by atoms with Gasteiger partial charge in [-0.25, -0.2) is 0 Å². The molecule has 1 heteroatoms. The average Bonchev–Trinajstić information content (AvgIpc) is 2.30. The summed E-state index contributed by atoms with van der Waals surface area (Å²) in [6, 6.07) is 8.37. The maximum absolute atomic E-state index is 6.01. The average molecular weight is 165 g/mol. The van der Waals surface area contributed by atoms with E-state index in [1.54, 1.807) is 0 Å². The summed E-state index contributed by atoms with van der Waals surface area (Å²) in [4.78, 5) is 0. The Bertz CT molecular complexity index is 323. The van der Waals surface area contributed by atoms with Gasteiger partial charge in [0.05, 0.1) is 0 Å². The van der Waals surface area contributed by atoms with Crippen LogP contribution in [0.5, 0.6) is 0 Å². The Morgan fingerprint density at radius 2 is 2.00 bits per heavy atom. The van der Waals surface area contributed by atoms with Crippen molar-refractivity contribution in [2.75, 3.05) is 0 Å². The normalized spacial score (nSPS) is 15.5. The Hall–Kier alpha value is -0.750. The fourth-order valence-electron chi connectivity index (χ4n) is 1.49. The molecule has 2 rings (SSSR count). The highest BCUT2D eigenvalue weighted by Gasteiger charge is 2.15. The molecule has 0 aromatic heterocycles. The minimum absolute atomic E-state index is 0.920. The van der Waals surface area contributed by atoms with Crippen molar-refractivity contribution in [3.8, 4) is 0 Å². The lowest BCUT2D eigenvalue weighted by Crippen LogP contribution is -1.79. The van der Waals surface area contributed by atoms with Gasteiger partial charge in [0, 0.05) is 11.5 Å². The maximum Gasteiger partial charge on any atom is 0.0260 e. The van der Waals surface area contributed by atoms with Gasteiger partial charge < -0.3 is 0 Å². The molecule has 11 heavy (non-hydrogen) atoms. The van der Waals surface area contributed by atoms with Crippen LogP contribution in [0.15, 0.2) is 29.3 Å². The molecule has 1 aliphatic rings. The quantitative estimate of drug-likeness (QED) is 0.553. The molecule has 0 aliphatic heterocycles. The Morgan fingerprint density at radius 3 is 2.73 bits per heavy atom. The third-order valence-electron chi connectivity index (χ3n) is 2.17. The highest BCUT2D eigenvalue weighted by Crippen LogP contribution is 2.33. The monoisotopic (exact) mass is 164 g/mol. The maximum atomic E-state index is 6.01. The molecule has 56 valence electrons. The highest BCUT2D eigenvalue weighted by atomic mass is 35.5. The molecule has 1 aromatic carbocycles. The standard InChI is InChI=1S/C10H9Cl/c1-7-9-5-3-2-4-8(9)6-10(7)11/h2-5H,6H2,1H3. The van der Waals surface area contributed by atoms with Crippen molar-refractivity contribution < 1.29 is 0 Å². The van der Waals surface area contributed by atoms with Gasteiger partial charge in [0.2, 0.25) is 0 Å². The minimum Gasteiger partial charge on any atom is -0.0885 e. The van der Waals surface area contributed by atoms with E-state index in [-0.39, 0.29) is 0 Å². The van der Waals surface area contributed by atoms with Crippen molar-refractivity contribution in [1.82, 2.24) is 0 Å². The molecule has 0 radical (unpaired) electrons. The molecule has 1 aromatic rings. The summed E-state index contributed by atoms with van der Waals surface area (Å²) >= 11 is 6.01. The molecule has 0 saturated carbocycles. The first kappa shape index (κ1) is 6.93. The van der Waals surface area contributed by atoms with Crippen LogP contribution in [0.1, 0.15) is 18.1 Å². The fraction of sp³-hybridized carbons (Fsp3) is 0.200. The predicted octanol–water partition coefficient (Wildman–Crippen LogP) is 3.21. The molecule has 0 saturated heterocycles. The van der Waals surface area contributed by atoms with E-state index in [4.69, 9.17) is 11.6 Å². The molecular weight excluding hydrogens is 156 g/mol. The number of hydrogen-bond donors (Lipinski definition) is 0. The smallest absolute Gasteiger partial charge is 0.0260 e. The summed E-state index contributed by atoms with van der Waals surface area (Å²) in [6.07, 6.45) is 0.920. The second-order valence-electron chi connectivity index (χ2n) is 2.86. The van der Waals surface area contributed by atoms with Gasteiger partial charge in [0.15, 0.2) is 0 Å². The lowest BCUT2D eigenvalue weighted by molar-refractivity contribution is 1.29. The van der Waals surface area contributed by atoms with Crippen LogP contribution in [0.25, 0.3) is 5.57 Å². The van der Waals surface area contributed by atoms with Gasteiger partial charge in [-0.15, -0.1) is 0 Å². The number of benzene rings is 1. The van der Waals surface area contributed by atoms with E-state index in [0.29, 0.717) is 0 Å². The van der Waals surface area contributed by atoms with E-state index in [2.05, 4.69) is 31.2 Å². The third-order valence-corrected chi connectivity index (χ3v) is 2.59. The minimum atomic E-state index is 0.920. The second-order valence-corrected chi connectivity index (χ2v) is 3.32. The topological polar surface area (TPSA) is 0 Å². The Labute approximate surface area is 71.5 Å². The third kappa shape index (κ3) is 0.982. The molecule has 1 aliphatic carbocycles. The summed E-state index contributed by atoms with van der Waals surface area (Å²) < 4.78 is 0. The lowest BCUT2D eigenvalue weighted by Gasteiger charge is -1.97. The Kier molecular flexibility index (Phi) is 1.50. The molecule has 0 spiro atoms. The van der Waals surface area contributed by atoms with Gasteiger partial charge in [-0.3, -0.25) is 0 Å². The molecule has 0 bridgehead atoms. The predicted molar refractivity (Wildman–Crippen MR) is 48.6 cm³/mol. The summed E-state index contributed by atoms with van der Waals surface area (Å²) in [6.45, 7) is 2.08. The Morgan fingerprint density at radius 1 is 1.27 bits per heavy atom. The van der Waals surface area contributed by atoms with E-state index in [9.17, 15) is 0 Å². The first-order valence-electron chi connectivity index (χ1n) is 3.72. The number of halogens is 1. The van der Waals surface area contributed by atoms with Crippen LogP contribution in [0.4, 0.5) is 0 Å². The first-order chi connectivity index (χ1) is 5.29.